The molecule has 6 heteroatoms. The lowest BCUT2D eigenvalue weighted by Crippen LogP contribution is -2.28. The molecule has 0 spiro atoms. The molecular weight excluding hydrogens is 338 g/mol. The topological polar surface area (TPSA) is 54.5 Å². The lowest BCUT2D eigenvalue weighted by atomic mass is 10.2. The van der Waals surface area contributed by atoms with E-state index in [1.165, 1.54) is 0 Å². The van der Waals surface area contributed by atoms with Crippen molar-refractivity contribution in [2.24, 2.45) is 0 Å². The van der Waals surface area contributed by atoms with Crippen LogP contribution in [0, 0.1) is 6.92 Å². The Balaban J connectivity index is 2.22. The van der Waals surface area contributed by atoms with E-state index in [1.54, 1.807) is 37.4 Å². The number of hydrogen-bond donors (Lipinski definition) is 1. The van der Waals surface area contributed by atoms with E-state index in [0.29, 0.717) is 16.5 Å². The summed E-state index contributed by atoms with van der Waals surface area (Å²) < 4.78 is 5.38. The van der Waals surface area contributed by atoms with Gasteiger partial charge in [-0.15, -0.1) is 0 Å². The molecule has 0 aliphatic carbocycles. The van der Waals surface area contributed by atoms with E-state index >= 15 is 0 Å². The van der Waals surface area contributed by atoms with Crippen molar-refractivity contribution in [2.45, 2.75) is 26.7 Å². The first-order valence-electron chi connectivity index (χ1n) is 8.29. The van der Waals surface area contributed by atoms with Crippen LogP contribution < -0.4 is 10.1 Å². The largest absolute Gasteiger partial charge is 0.495 e. The molecule has 1 aromatic carbocycles. The monoisotopic (exact) mass is 361 g/mol. The minimum Gasteiger partial charge on any atom is -0.495 e. The minimum absolute atomic E-state index is 0.0867. The van der Waals surface area contributed by atoms with Crippen LogP contribution in [-0.2, 0) is 0 Å². The molecule has 1 heterocycles. The number of nitrogens with zero attached hydrogens (tertiary/aromatic N) is 2. The second-order valence-corrected chi connectivity index (χ2v) is 6.34. The van der Waals surface area contributed by atoms with Gasteiger partial charge in [-0.25, -0.2) is 0 Å². The molecule has 25 heavy (non-hydrogen) atoms. The van der Waals surface area contributed by atoms with Crippen LogP contribution >= 0.6 is 11.6 Å². The molecule has 0 radical (unpaired) electrons. The van der Waals surface area contributed by atoms with E-state index < -0.39 is 0 Å². The molecule has 0 aliphatic rings. The van der Waals surface area contributed by atoms with Gasteiger partial charge >= 0.3 is 0 Å². The summed E-state index contributed by atoms with van der Waals surface area (Å²) >= 11 is 6.14. The number of aryl methyl sites for hydroxylation is 1. The Kier molecular flexibility index (Phi) is 6.65. The van der Waals surface area contributed by atoms with Crippen molar-refractivity contribution in [3.05, 3.63) is 46.7 Å². The highest BCUT2D eigenvalue weighted by atomic mass is 35.5. The third-order valence-corrected chi connectivity index (χ3v) is 4.34. The maximum Gasteiger partial charge on any atom is 0.272 e. The summed E-state index contributed by atoms with van der Waals surface area (Å²) in [5.74, 6) is 0.553. The lowest BCUT2D eigenvalue weighted by Gasteiger charge is -2.17. The van der Waals surface area contributed by atoms with E-state index in [1.807, 2.05) is 19.1 Å². The first-order valence-corrected chi connectivity index (χ1v) is 8.66. The maximum atomic E-state index is 12.5. The Labute approximate surface area is 154 Å². The number of nitrogens with one attached hydrogen (secondary N) is 1. The van der Waals surface area contributed by atoms with Crippen molar-refractivity contribution in [3.8, 4) is 5.75 Å². The SMILES string of the molecule is CCCCN(C)C(=O)c1cc(Nc2cc(C)c(Cl)cc2OC)ccn1. The summed E-state index contributed by atoms with van der Waals surface area (Å²) in [6.45, 7) is 4.75. The fourth-order valence-corrected chi connectivity index (χ4v) is 2.56. The molecule has 1 amide bonds. The summed E-state index contributed by atoms with van der Waals surface area (Å²) in [6.07, 6.45) is 3.64. The first kappa shape index (κ1) is 19.1. The second-order valence-electron chi connectivity index (χ2n) is 5.94. The van der Waals surface area contributed by atoms with Crippen molar-refractivity contribution >= 4 is 28.9 Å². The number of ether oxygens (including phenoxy) is 1. The first-order chi connectivity index (χ1) is 12.0. The summed E-state index contributed by atoms with van der Waals surface area (Å²) in [5.41, 5.74) is 2.90. The average Bonchev–Trinajstić information content (AvgIpc) is 2.62. The lowest BCUT2D eigenvalue weighted by molar-refractivity contribution is 0.0787. The molecule has 0 saturated carbocycles. The molecule has 0 unspecified atom stereocenters. The zero-order chi connectivity index (χ0) is 18.4. The fraction of sp³-hybridized carbons (Fsp3) is 0.368. The van der Waals surface area contributed by atoms with Crippen LogP contribution in [0.15, 0.2) is 30.5 Å². The van der Waals surface area contributed by atoms with Crippen molar-refractivity contribution in [1.82, 2.24) is 9.88 Å². The molecule has 1 aromatic heterocycles. The van der Waals surface area contributed by atoms with E-state index in [2.05, 4.69) is 17.2 Å². The number of pyridine rings is 1. The molecule has 0 atom stereocenters. The normalized spacial score (nSPS) is 10.4. The van der Waals surface area contributed by atoms with Crippen LogP contribution in [0.3, 0.4) is 0 Å². The van der Waals surface area contributed by atoms with Crippen LogP contribution in [0.2, 0.25) is 5.02 Å². The number of methoxy groups -OCH3 is 1. The molecule has 2 aromatic rings. The molecule has 0 fully saturated rings. The molecule has 0 saturated heterocycles. The van der Waals surface area contributed by atoms with Gasteiger partial charge in [0.15, 0.2) is 0 Å². The van der Waals surface area contributed by atoms with Gasteiger partial charge in [-0.1, -0.05) is 24.9 Å². The van der Waals surface area contributed by atoms with Gasteiger partial charge in [0, 0.05) is 36.6 Å². The van der Waals surface area contributed by atoms with Crippen LogP contribution in [0.25, 0.3) is 0 Å². The third-order valence-electron chi connectivity index (χ3n) is 3.93. The number of unbranched alkanes of at least 4 members (excludes halogenated alkanes) is 1. The molecule has 1 N–H and O–H groups in total. The number of carbonyl (C=O) groups is 1. The summed E-state index contributed by atoms with van der Waals surface area (Å²) in [5, 5.41) is 3.92. The summed E-state index contributed by atoms with van der Waals surface area (Å²) in [7, 11) is 3.39. The second kappa shape index (κ2) is 8.72. The van der Waals surface area contributed by atoms with E-state index in [4.69, 9.17) is 16.3 Å². The predicted octanol–water partition coefficient (Wildman–Crippen LogP) is 4.67. The van der Waals surface area contributed by atoms with Gasteiger partial charge in [0.05, 0.1) is 12.8 Å². The zero-order valence-electron chi connectivity index (χ0n) is 15.1. The van der Waals surface area contributed by atoms with Crippen LogP contribution in [0.1, 0.15) is 35.8 Å². The van der Waals surface area contributed by atoms with Gasteiger partial charge in [0.25, 0.3) is 5.91 Å². The van der Waals surface area contributed by atoms with Crippen LogP contribution in [0.4, 0.5) is 11.4 Å². The van der Waals surface area contributed by atoms with E-state index in [-0.39, 0.29) is 5.91 Å². The number of amides is 1. The molecule has 0 aliphatic heterocycles. The number of halogens is 1. The number of aromatic nitrogens is 1. The Morgan fingerprint density at radius 3 is 2.80 bits per heavy atom. The summed E-state index contributed by atoms with van der Waals surface area (Å²) in [6, 6.07) is 7.24. The standard InChI is InChI=1S/C19H24ClN3O2/c1-5-6-9-23(3)19(24)17-11-14(7-8-21-17)22-16-10-13(2)15(20)12-18(16)25-4/h7-8,10-12H,5-6,9H2,1-4H3,(H,21,22). The third kappa shape index (κ3) is 4.86. The molecule has 0 bridgehead atoms. The molecular formula is C19H24ClN3O2. The summed E-state index contributed by atoms with van der Waals surface area (Å²) in [4.78, 5) is 18.4. The highest BCUT2D eigenvalue weighted by Gasteiger charge is 2.14. The number of carbonyl (C=O) groups excluding carboxylic acids is 1. The Hall–Kier alpha value is -2.27. The highest BCUT2D eigenvalue weighted by molar-refractivity contribution is 6.31. The number of rotatable bonds is 7. The Morgan fingerprint density at radius 1 is 1.36 bits per heavy atom. The van der Waals surface area contributed by atoms with Gasteiger partial charge in [0.1, 0.15) is 11.4 Å². The van der Waals surface area contributed by atoms with Crippen LogP contribution in [0.5, 0.6) is 5.75 Å². The highest BCUT2D eigenvalue weighted by Crippen LogP contribution is 2.33. The van der Waals surface area contributed by atoms with Gasteiger partial charge in [-0.3, -0.25) is 9.78 Å². The number of anilines is 2. The van der Waals surface area contributed by atoms with Crippen molar-refractivity contribution in [1.29, 1.82) is 0 Å². The van der Waals surface area contributed by atoms with Gasteiger partial charge in [-0.2, -0.15) is 0 Å². The molecule has 134 valence electrons. The van der Waals surface area contributed by atoms with Gasteiger partial charge < -0.3 is 15.0 Å². The predicted molar refractivity (Wildman–Crippen MR) is 102 cm³/mol. The van der Waals surface area contributed by atoms with E-state index in [0.717, 1.165) is 36.3 Å². The van der Waals surface area contributed by atoms with Gasteiger partial charge in [0.2, 0.25) is 0 Å². The molecule has 2 rings (SSSR count). The Bertz CT molecular complexity index is 749. The minimum atomic E-state index is -0.0867. The number of benzene rings is 1. The van der Waals surface area contributed by atoms with Crippen molar-refractivity contribution in [3.63, 3.8) is 0 Å². The maximum absolute atomic E-state index is 12.5. The smallest absolute Gasteiger partial charge is 0.272 e. The van der Waals surface area contributed by atoms with Crippen molar-refractivity contribution in [2.75, 3.05) is 26.0 Å². The van der Waals surface area contributed by atoms with E-state index in [9.17, 15) is 4.79 Å². The fourth-order valence-electron chi connectivity index (χ4n) is 2.40. The average molecular weight is 362 g/mol. The van der Waals surface area contributed by atoms with Gasteiger partial charge in [-0.05, 0) is 37.1 Å². The molecule has 5 nitrogen and oxygen atoms in total. The van der Waals surface area contributed by atoms with Crippen molar-refractivity contribution < 1.29 is 9.53 Å². The Morgan fingerprint density at radius 2 is 2.12 bits per heavy atom. The number of hydrogen-bond acceptors (Lipinski definition) is 4. The van der Waals surface area contributed by atoms with Crippen LogP contribution in [-0.4, -0.2) is 36.5 Å². The zero-order valence-corrected chi connectivity index (χ0v) is 15.9. The quantitative estimate of drug-likeness (QED) is 0.778.